The Morgan fingerprint density at radius 2 is 1.21 bits per heavy atom. The summed E-state index contributed by atoms with van der Waals surface area (Å²) in [5.41, 5.74) is 7.10. The summed E-state index contributed by atoms with van der Waals surface area (Å²) in [5, 5.41) is 7.61. The maximum atomic E-state index is 4.62. The molecule has 42 heavy (non-hydrogen) atoms. The van der Waals surface area contributed by atoms with Crippen LogP contribution in [-0.2, 0) is 0 Å². The molecule has 0 N–H and O–H groups in total. The molecule has 0 spiro atoms. The second-order valence-corrected chi connectivity index (χ2v) is 11.6. The van der Waals surface area contributed by atoms with Gasteiger partial charge in [0.15, 0.2) is 5.82 Å². The second-order valence-electron chi connectivity index (χ2n) is 10.6. The van der Waals surface area contributed by atoms with E-state index in [0.717, 1.165) is 17.1 Å². The Hall–Kier alpha value is -5.32. The number of fused-ring (bicyclic) bond motifs is 10. The molecule has 4 heteroatoms. The van der Waals surface area contributed by atoms with Crippen molar-refractivity contribution in [1.29, 1.82) is 0 Å². The number of nitrogens with zero attached hydrogens (tertiary/aromatic N) is 3. The maximum absolute atomic E-state index is 4.62. The molecule has 0 amide bonds. The minimum Gasteiger partial charge on any atom is -0.309 e. The minimum absolute atomic E-state index is 0.759. The second kappa shape index (κ2) is 9.10. The minimum atomic E-state index is 0.759. The Balaban J connectivity index is 1.53. The largest absolute Gasteiger partial charge is 0.309 e. The van der Waals surface area contributed by atoms with Crippen LogP contribution in [0.4, 0.5) is 0 Å². The Kier molecular flexibility index (Phi) is 5.07. The summed E-state index contributed by atoms with van der Waals surface area (Å²) in [7, 11) is 0. The Labute approximate surface area is 246 Å². The lowest BCUT2D eigenvalue weighted by Crippen LogP contribution is -1.94. The fourth-order valence-electron chi connectivity index (χ4n) is 6.51. The highest BCUT2D eigenvalue weighted by Crippen LogP contribution is 2.49. The third-order valence-electron chi connectivity index (χ3n) is 8.29. The highest BCUT2D eigenvalue weighted by molar-refractivity contribution is 7.27. The zero-order valence-electron chi connectivity index (χ0n) is 22.5. The van der Waals surface area contributed by atoms with Crippen molar-refractivity contribution in [2.45, 2.75) is 0 Å². The average molecular weight is 554 g/mol. The molecule has 9 rings (SSSR count). The first kappa shape index (κ1) is 23.4. The topological polar surface area (TPSA) is 30.7 Å². The molecule has 0 radical (unpaired) electrons. The number of hydrogen-bond donors (Lipinski definition) is 0. The highest BCUT2D eigenvalue weighted by Gasteiger charge is 2.23. The van der Waals surface area contributed by atoms with Crippen LogP contribution < -0.4 is 0 Å². The molecule has 3 nitrogen and oxygen atoms in total. The summed E-state index contributed by atoms with van der Waals surface area (Å²) in [4.78, 5) is 9.24. The first-order chi connectivity index (χ1) is 20.9. The zero-order valence-corrected chi connectivity index (χ0v) is 23.3. The molecule has 0 fully saturated rings. The maximum Gasteiger partial charge on any atom is 0.160 e. The van der Waals surface area contributed by atoms with Crippen molar-refractivity contribution in [1.82, 2.24) is 14.5 Å². The van der Waals surface area contributed by atoms with Crippen molar-refractivity contribution in [3.63, 3.8) is 0 Å². The number of benzene rings is 6. The zero-order chi connectivity index (χ0) is 27.6. The smallest absolute Gasteiger partial charge is 0.160 e. The lowest BCUT2D eigenvalue weighted by Gasteiger charge is -2.11. The normalized spacial score (nSPS) is 11.8. The van der Waals surface area contributed by atoms with Gasteiger partial charge in [-0.1, -0.05) is 97.1 Å². The number of para-hydroxylation sites is 1. The molecule has 0 aliphatic heterocycles. The van der Waals surface area contributed by atoms with Gasteiger partial charge in [0.05, 0.1) is 11.0 Å². The van der Waals surface area contributed by atoms with Crippen molar-refractivity contribution in [2.75, 3.05) is 0 Å². The van der Waals surface area contributed by atoms with Crippen LogP contribution >= 0.6 is 11.3 Å². The molecule has 0 saturated carbocycles. The van der Waals surface area contributed by atoms with Gasteiger partial charge >= 0.3 is 0 Å². The van der Waals surface area contributed by atoms with E-state index >= 15 is 0 Å². The van der Waals surface area contributed by atoms with E-state index in [1.165, 1.54) is 63.9 Å². The van der Waals surface area contributed by atoms with Gasteiger partial charge in [0.1, 0.15) is 0 Å². The molecular formula is C38H23N3S. The summed E-state index contributed by atoms with van der Waals surface area (Å²) in [6, 6.07) is 45.6. The Morgan fingerprint density at radius 1 is 0.500 bits per heavy atom. The molecule has 6 aromatic carbocycles. The molecule has 196 valence electrons. The van der Waals surface area contributed by atoms with Gasteiger partial charge in [0, 0.05) is 65.4 Å². The van der Waals surface area contributed by atoms with E-state index in [9.17, 15) is 0 Å². The van der Waals surface area contributed by atoms with Crippen molar-refractivity contribution < 1.29 is 0 Å². The van der Waals surface area contributed by atoms with E-state index in [1.807, 2.05) is 29.8 Å². The lowest BCUT2D eigenvalue weighted by molar-refractivity contribution is 1.18. The van der Waals surface area contributed by atoms with E-state index < -0.39 is 0 Å². The summed E-state index contributed by atoms with van der Waals surface area (Å²) in [6.07, 6.45) is 3.64. The third kappa shape index (κ3) is 3.33. The van der Waals surface area contributed by atoms with Gasteiger partial charge in [-0.15, -0.1) is 11.3 Å². The van der Waals surface area contributed by atoms with Gasteiger partial charge < -0.3 is 4.57 Å². The summed E-state index contributed by atoms with van der Waals surface area (Å²) >= 11 is 1.85. The van der Waals surface area contributed by atoms with E-state index in [4.69, 9.17) is 0 Å². The number of hydrogen-bond acceptors (Lipinski definition) is 3. The van der Waals surface area contributed by atoms with Crippen LogP contribution in [0.5, 0.6) is 0 Å². The Morgan fingerprint density at radius 3 is 2.02 bits per heavy atom. The van der Waals surface area contributed by atoms with Gasteiger partial charge in [-0.2, -0.15) is 0 Å². The summed E-state index contributed by atoms with van der Waals surface area (Å²) in [6.45, 7) is 0. The van der Waals surface area contributed by atoms with Crippen LogP contribution in [-0.4, -0.2) is 14.5 Å². The van der Waals surface area contributed by atoms with E-state index in [-0.39, 0.29) is 0 Å². The predicted molar refractivity (Wildman–Crippen MR) is 178 cm³/mol. The molecule has 9 aromatic rings. The summed E-state index contributed by atoms with van der Waals surface area (Å²) < 4.78 is 4.99. The fraction of sp³-hybridized carbons (Fsp3) is 0. The van der Waals surface area contributed by atoms with E-state index in [2.05, 4.69) is 136 Å². The van der Waals surface area contributed by atoms with E-state index in [1.54, 1.807) is 0 Å². The van der Waals surface area contributed by atoms with Gasteiger partial charge in [0.2, 0.25) is 0 Å². The van der Waals surface area contributed by atoms with Crippen LogP contribution in [0.25, 0.3) is 81.0 Å². The van der Waals surface area contributed by atoms with Crippen molar-refractivity contribution in [3.05, 3.63) is 140 Å². The quantitative estimate of drug-likeness (QED) is 0.218. The molecule has 0 aliphatic rings. The van der Waals surface area contributed by atoms with Crippen LogP contribution in [0.1, 0.15) is 0 Å². The molecule has 3 heterocycles. The van der Waals surface area contributed by atoms with Gasteiger partial charge in [-0.05, 0) is 41.5 Å². The fourth-order valence-corrected chi connectivity index (χ4v) is 7.87. The SMILES string of the molecule is c1ccc(-c2ccc3c4c5c6cccc(-c7ncccn7)c6sc5c5ccccc5c4n(-c4ccccc4)c3c2)cc1. The van der Waals surface area contributed by atoms with Crippen molar-refractivity contribution >= 4 is 64.1 Å². The first-order valence-electron chi connectivity index (χ1n) is 14.1. The van der Waals surface area contributed by atoms with Gasteiger partial charge in [0.25, 0.3) is 0 Å². The van der Waals surface area contributed by atoms with E-state index in [0.29, 0.717) is 0 Å². The number of thiophene rings is 1. The third-order valence-corrected chi connectivity index (χ3v) is 9.56. The van der Waals surface area contributed by atoms with Crippen LogP contribution in [0, 0.1) is 0 Å². The summed E-state index contributed by atoms with van der Waals surface area (Å²) in [5.74, 6) is 0.759. The van der Waals surface area contributed by atoms with Crippen LogP contribution in [0.15, 0.2) is 140 Å². The highest BCUT2D eigenvalue weighted by atomic mass is 32.1. The van der Waals surface area contributed by atoms with Crippen molar-refractivity contribution in [3.8, 4) is 28.2 Å². The Bertz CT molecular complexity index is 2440. The van der Waals surface area contributed by atoms with Gasteiger partial charge in [-0.3, -0.25) is 0 Å². The van der Waals surface area contributed by atoms with Crippen molar-refractivity contribution in [2.24, 2.45) is 0 Å². The molecule has 0 unspecified atom stereocenters. The predicted octanol–water partition coefficient (Wildman–Crippen LogP) is 10.4. The molecule has 0 bridgehead atoms. The molecule has 0 aliphatic carbocycles. The number of aromatic nitrogens is 3. The molecule has 0 saturated heterocycles. The average Bonchev–Trinajstić information content (AvgIpc) is 3.62. The van der Waals surface area contributed by atoms with Gasteiger partial charge in [-0.25, -0.2) is 9.97 Å². The standard InChI is InChI=1S/C38H23N3S/c1-3-11-24(12-4-1)25-19-20-29-32(23-25)41(26-13-5-2-6-14-26)35-27-15-7-8-16-28(27)37-34(33(29)35)30-17-9-18-31(36(30)42-37)38-39-21-10-22-40-38/h1-23H. The lowest BCUT2D eigenvalue weighted by atomic mass is 9.98. The monoisotopic (exact) mass is 553 g/mol. The first-order valence-corrected chi connectivity index (χ1v) is 14.9. The van der Waals surface area contributed by atoms with Crippen LogP contribution in [0.3, 0.4) is 0 Å². The molecule has 3 aromatic heterocycles. The number of rotatable bonds is 3. The molecular weight excluding hydrogens is 531 g/mol. The molecule has 0 atom stereocenters. The van der Waals surface area contributed by atoms with Crippen LogP contribution in [0.2, 0.25) is 0 Å².